The molecule has 4 amide bonds. The second kappa shape index (κ2) is 9.28. The van der Waals surface area contributed by atoms with Crippen molar-refractivity contribution >= 4 is 34.4 Å². The Labute approximate surface area is 192 Å². The summed E-state index contributed by atoms with van der Waals surface area (Å²) >= 11 is 0. The summed E-state index contributed by atoms with van der Waals surface area (Å²) in [5.74, 6) is -1.04. The number of rotatable bonds is 6. The number of carbonyl (C=O) groups excluding carboxylic acids is 3. The van der Waals surface area contributed by atoms with E-state index >= 15 is 0 Å². The van der Waals surface area contributed by atoms with Gasteiger partial charge in [0.05, 0.1) is 12.0 Å². The number of pyridine rings is 1. The van der Waals surface area contributed by atoms with E-state index in [-0.39, 0.29) is 17.9 Å². The van der Waals surface area contributed by atoms with E-state index in [0.29, 0.717) is 18.8 Å². The molecule has 1 aliphatic heterocycles. The molecule has 0 bridgehead atoms. The predicted molar refractivity (Wildman–Crippen MR) is 126 cm³/mol. The summed E-state index contributed by atoms with van der Waals surface area (Å²) in [6.45, 7) is 4.06. The maximum absolute atomic E-state index is 13.1. The highest BCUT2D eigenvalue weighted by atomic mass is 16.2. The second-order valence-electron chi connectivity index (χ2n) is 8.19. The number of nitrogens with one attached hydrogen (secondary N) is 2. The Morgan fingerprint density at radius 3 is 2.67 bits per heavy atom. The van der Waals surface area contributed by atoms with Crippen molar-refractivity contribution in [3.05, 3.63) is 71.9 Å². The highest BCUT2D eigenvalue weighted by Crippen LogP contribution is 2.32. The van der Waals surface area contributed by atoms with Gasteiger partial charge in [0.25, 0.3) is 0 Å². The number of urea groups is 1. The summed E-state index contributed by atoms with van der Waals surface area (Å²) in [6, 6.07) is 15.4. The Morgan fingerprint density at radius 1 is 1.15 bits per heavy atom. The molecule has 3 atom stereocenters. The van der Waals surface area contributed by atoms with Gasteiger partial charge in [-0.3, -0.25) is 14.5 Å². The minimum Gasteiger partial charge on any atom is -0.384 e. The third-order valence-electron chi connectivity index (χ3n) is 5.98. The third kappa shape index (κ3) is 4.37. The van der Waals surface area contributed by atoms with E-state index in [0.717, 1.165) is 26.8 Å². The zero-order chi connectivity index (χ0) is 23.5. The summed E-state index contributed by atoms with van der Waals surface area (Å²) in [5.41, 5.74) is 7.47. The van der Waals surface area contributed by atoms with E-state index in [9.17, 15) is 14.4 Å². The van der Waals surface area contributed by atoms with Crippen LogP contribution in [0.1, 0.15) is 31.0 Å². The van der Waals surface area contributed by atoms with E-state index in [2.05, 4.69) is 15.6 Å². The first kappa shape index (κ1) is 22.3. The first-order valence-electron chi connectivity index (χ1n) is 11.0. The van der Waals surface area contributed by atoms with Gasteiger partial charge in [-0.05, 0) is 54.3 Å². The monoisotopic (exact) mass is 445 g/mol. The van der Waals surface area contributed by atoms with Crippen LogP contribution in [0.15, 0.2) is 60.8 Å². The van der Waals surface area contributed by atoms with E-state index in [1.807, 2.05) is 49.4 Å². The van der Waals surface area contributed by atoms with Crippen LogP contribution in [0, 0.1) is 5.92 Å². The van der Waals surface area contributed by atoms with Gasteiger partial charge in [-0.15, -0.1) is 0 Å². The van der Waals surface area contributed by atoms with Crippen LogP contribution in [0.3, 0.4) is 0 Å². The molecule has 1 saturated heterocycles. The number of nitrogen functional groups attached to an aromatic ring is 1. The van der Waals surface area contributed by atoms with Gasteiger partial charge in [0, 0.05) is 12.7 Å². The van der Waals surface area contributed by atoms with Gasteiger partial charge in [0.2, 0.25) is 11.8 Å². The molecule has 8 heteroatoms. The SMILES string of the molecule is CCNC(=O)[C@@H]1[C@@H](Cc2ccnc(N)c2)C(=O)N1C(=O)N[C@H](C)c1cccc2ccccc12. The Balaban J connectivity index is 1.54. The number of fused-ring (bicyclic) bond motifs is 1. The van der Waals surface area contributed by atoms with Crippen molar-refractivity contribution < 1.29 is 14.4 Å². The summed E-state index contributed by atoms with van der Waals surface area (Å²) in [6.07, 6.45) is 1.86. The van der Waals surface area contributed by atoms with Crippen LogP contribution in [-0.4, -0.2) is 40.3 Å². The van der Waals surface area contributed by atoms with Crippen molar-refractivity contribution in [1.82, 2.24) is 20.5 Å². The van der Waals surface area contributed by atoms with Gasteiger partial charge in [-0.25, -0.2) is 9.78 Å². The van der Waals surface area contributed by atoms with Crippen LogP contribution in [-0.2, 0) is 16.0 Å². The molecule has 8 nitrogen and oxygen atoms in total. The number of nitrogens with zero attached hydrogens (tertiary/aromatic N) is 2. The molecule has 0 aliphatic carbocycles. The quantitative estimate of drug-likeness (QED) is 0.505. The fourth-order valence-electron chi connectivity index (χ4n) is 4.39. The van der Waals surface area contributed by atoms with E-state index < -0.39 is 18.0 Å². The van der Waals surface area contributed by atoms with E-state index in [1.54, 1.807) is 25.3 Å². The lowest BCUT2D eigenvalue weighted by molar-refractivity contribution is -0.157. The number of anilines is 1. The molecule has 0 unspecified atom stereocenters. The van der Waals surface area contributed by atoms with Crippen molar-refractivity contribution in [1.29, 1.82) is 0 Å². The highest BCUT2D eigenvalue weighted by molar-refractivity contribution is 6.09. The maximum Gasteiger partial charge on any atom is 0.325 e. The van der Waals surface area contributed by atoms with Crippen LogP contribution < -0.4 is 16.4 Å². The molecule has 0 spiro atoms. The summed E-state index contributed by atoms with van der Waals surface area (Å²) in [7, 11) is 0. The number of β-lactam (4-membered cyclic amide) rings is 1. The number of hydrogen-bond acceptors (Lipinski definition) is 5. The van der Waals surface area contributed by atoms with Crippen molar-refractivity contribution in [2.24, 2.45) is 5.92 Å². The fraction of sp³-hybridized carbons (Fsp3) is 0.280. The summed E-state index contributed by atoms with van der Waals surface area (Å²) < 4.78 is 0. The normalized spacial score (nSPS) is 18.5. The maximum atomic E-state index is 13.1. The first-order valence-corrected chi connectivity index (χ1v) is 11.0. The number of aromatic nitrogens is 1. The minimum atomic E-state index is -0.883. The standard InChI is InChI=1S/C25H27N5O3/c1-3-27-23(31)22-20(13-16-11-12-28-21(26)14-16)24(32)30(22)25(33)29-15(2)18-10-6-8-17-7-4-5-9-19(17)18/h4-12,14-15,20,22H,3,13H2,1-2H3,(H2,26,28)(H,27,31)(H,29,33)/t15-,20-,22+/m1/s1. The fourth-order valence-corrected chi connectivity index (χ4v) is 4.39. The van der Waals surface area contributed by atoms with Crippen LogP contribution >= 0.6 is 0 Å². The zero-order valence-electron chi connectivity index (χ0n) is 18.6. The Kier molecular flexibility index (Phi) is 6.26. The van der Waals surface area contributed by atoms with Gasteiger partial charge in [-0.2, -0.15) is 0 Å². The van der Waals surface area contributed by atoms with Crippen LogP contribution in [0.4, 0.5) is 10.6 Å². The van der Waals surface area contributed by atoms with Crippen molar-refractivity contribution in [3.8, 4) is 0 Å². The number of benzene rings is 2. The van der Waals surface area contributed by atoms with Crippen LogP contribution in [0.2, 0.25) is 0 Å². The lowest BCUT2D eigenvalue weighted by atomic mass is 9.82. The molecule has 2 heterocycles. The van der Waals surface area contributed by atoms with E-state index in [4.69, 9.17) is 5.73 Å². The molecule has 1 fully saturated rings. The molecule has 3 aromatic rings. The smallest absolute Gasteiger partial charge is 0.325 e. The number of amides is 4. The van der Waals surface area contributed by atoms with Gasteiger partial charge in [0.15, 0.2) is 0 Å². The predicted octanol–water partition coefficient (Wildman–Crippen LogP) is 2.79. The average molecular weight is 446 g/mol. The van der Waals surface area contributed by atoms with Gasteiger partial charge in [0.1, 0.15) is 11.9 Å². The minimum absolute atomic E-state index is 0.302. The highest BCUT2D eigenvalue weighted by Gasteiger charge is 2.54. The first-order chi connectivity index (χ1) is 15.9. The van der Waals surface area contributed by atoms with Gasteiger partial charge < -0.3 is 16.4 Å². The number of imide groups is 1. The number of nitrogens with two attached hydrogens (primary N) is 1. The Hall–Kier alpha value is -3.94. The lowest BCUT2D eigenvalue weighted by Crippen LogP contribution is -2.70. The van der Waals surface area contributed by atoms with Crippen molar-refractivity contribution in [2.75, 3.05) is 12.3 Å². The largest absolute Gasteiger partial charge is 0.384 e. The zero-order valence-corrected chi connectivity index (χ0v) is 18.6. The molecule has 1 aliphatic rings. The van der Waals surface area contributed by atoms with E-state index in [1.165, 1.54) is 0 Å². The van der Waals surface area contributed by atoms with Crippen LogP contribution in [0.5, 0.6) is 0 Å². The molecular formula is C25H27N5O3. The molecular weight excluding hydrogens is 418 g/mol. The number of hydrogen-bond donors (Lipinski definition) is 3. The molecule has 1 aromatic heterocycles. The molecule has 0 saturated carbocycles. The molecule has 4 rings (SSSR count). The van der Waals surface area contributed by atoms with Gasteiger partial charge in [-0.1, -0.05) is 42.5 Å². The molecule has 2 aromatic carbocycles. The molecule has 0 radical (unpaired) electrons. The van der Waals surface area contributed by atoms with Crippen LogP contribution in [0.25, 0.3) is 10.8 Å². The number of likely N-dealkylation sites (tertiary alicyclic amines) is 1. The molecule has 170 valence electrons. The molecule has 33 heavy (non-hydrogen) atoms. The lowest BCUT2D eigenvalue weighted by Gasteiger charge is -2.44. The van der Waals surface area contributed by atoms with Crippen molar-refractivity contribution in [3.63, 3.8) is 0 Å². The molecule has 4 N–H and O–H groups in total. The average Bonchev–Trinajstić information content (AvgIpc) is 2.80. The Bertz CT molecular complexity index is 1210. The van der Waals surface area contributed by atoms with Gasteiger partial charge >= 0.3 is 6.03 Å². The number of likely N-dealkylation sites (N-methyl/N-ethyl adjacent to an activating group) is 1. The van der Waals surface area contributed by atoms with Crippen molar-refractivity contribution in [2.45, 2.75) is 32.4 Å². The summed E-state index contributed by atoms with van der Waals surface area (Å²) in [5, 5.41) is 7.72. The topological polar surface area (TPSA) is 117 Å². The summed E-state index contributed by atoms with van der Waals surface area (Å²) in [4.78, 5) is 43.8. The third-order valence-corrected chi connectivity index (χ3v) is 5.98. The second-order valence-corrected chi connectivity index (χ2v) is 8.19. The Morgan fingerprint density at radius 2 is 1.91 bits per heavy atom. The number of carbonyl (C=O) groups is 3.